The second kappa shape index (κ2) is 5.57. The summed E-state index contributed by atoms with van der Waals surface area (Å²) >= 11 is 1.09. The van der Waals surface area contributed by atoms with Crippen LogP contribution in [0.1, 0.15) is 27.6 Å². The molecule has 1 aliphatic heterocycles. The summed E-state index contributed by atoms with van der Waals surface area (Å²) < 4.78 is 5.53. The van der Waals surface area contributed by atoms with Crippen molar-refractivity contribution in [1.29, 1.82) is 0 Å². The van der Waals surface area contributed by atoms with Gasteiger partial charge in [0.1, 0.15) is 10.6 Å². The number of thiophene rings is 1. The van der Waals surface area contributed by atoms with Crippen LogP contribution in [-0.4, -0.2) is 23.6 Å². The summed E-state index contributed by atoms with van der Waals surface area (Å²) in [7, 11) is 0. The molecule has 0 aliphatic carbocycles. The van der Waals surface area contributed by atoms with E-state index in [1.165, 1.54) is 0 Å². The zero-order valence-corrected chi connectivity index (χ0v) is 11.9. The van der Waals surface area contributed by atoms with E-state index in [1.807, 2.05) is 24.3 Å². The van der Waals surface area contributed by atoms with E-state index in [1.54, 1.807) is 11.4 Å². The van der Waals surface area contributed by atoms with Crippen LogP contribution in [0.25, 0.3) is 0 Å². The lowest BCUT2D eigenvalue weighted by atomic mass is 9.92. The topological polar surface area (TPSA) is 75.6 Å². The van der Waals surface area contributed by atoms with Crippen LogP contribution in [-0.2, 0) is 4.79 Å². The number of carbonyl (C=O) groups is 2. The van der Waals surface area contributed by atoms with Crippen molar-refractivity contribution >= 4 is 28.9 Å². The van der Waals surface area contributed by atoms with Crippen molar-refractivity contribution in [1.82, 2.24) is 0 Å². The van der Waals surface area contributed by atoms with E-state index in [9.17, 15) is 9.59 Å². The van der Waals surface area contributed by atoms with Crippen LogP contribution in [0.2, 0.25) is 0 Å². The van der Waals surface area contributed by atoms with Gasteiger partial charge in [-0.15, -0.1) is 11.3 Å². The molecule has 2 aromatic rings. The van der Waals surface area contributed by atoms with E-state index >= 15 is 0 Å². The van der Waals surface area contributed by atoms with E-state index in [2.05, 4.69) is 5.32 Å². The lowest BCUT2D eigenvalue weighted by Gasteiger charge is -2.25. The predicted octanol–water partition coefficient (Wildman–Crippen LogP) is 2.95. The second-order valence-electron chi connectivity index (χ2n) is 4.69. The van der Waals surface area contributed by atoms with Crippen LogP contribution in [0.5, 0.6) is 5.75 Å². The van der Waals surface area contributed by atoms with Crippen molar-refractivity contribution < 1.29 is 19.4 Å². The molecule has 1 aliphatic rings. The minimum Gasteiger partial charge on any atom is -0.493 e. The van der Waals surface area contributed by atoms with E-state index in [0.717, 1.165) is 16.9 Å². The number of anilines is 1. The molecule has 1 atom stereocenters. The predicted molar refractivity (Wildman–Crippen MR) is 79.2 cm³/mol. The Morgan fingerprint density at radius 2 is 2.10 bits per heavy atom. The molecule has 0 bridgehead atoms. The van der Waals surface area contributed by atoms with E-state index < -0.39 is 5.97 Å². The highest BCUT2D eigenvalue weighted by Crippen LogP contribution is 2.34. The molecule has 0 saturated heterocycles. The summed E-state index contributed by atoms with van der Waals surface area (Å²) in [5, 5.41) is 13.4. The minimum absolute atomic E-state index is 0.142. The maximum Gasteiger partial charge on any atom is 0.348 e. The Balaban J connectivity index is 1.84. The zero-order valence-electron chi connectivity index (χ0n) is 11.0. The number of para-hydroxylation sites is 1. The Hall–Kier alpha value is -2.34. The third-order valence-electron chi connectivity index (χ3n) is 3.39. The lowest BCUT2D eigenvalue weighted by molar-refractivity contribution is -0.118. The van der Waals surface area contributed by atoms with Crippen molar-refractivity contribution in [2.24, 2.45) is 0 Å². The summed E-state index contributed by atoms with van der Waals surface area (Å²) in [4.78, 5) is 23.7. The van der Waals surface area contributed by atoms with Gasteiger partial charge in [0.25, 0.3) is 0 Å². The van der Waals surface area contributed by atoms with Gasteiger partial charge in [-0.1, -0.05) is 18.2 Å². The number of carboxylic acid groups (broad SMARTS) is 1. The van der Waals surface area contributed by atoms with E-state index in [0.29, 0.717) is 24.5 Å². The lowest BCUT2D eigenvalue weighted by Crippen LogP contribution is -2.26. The van der Waals surface area contributed by atoms with Gasteiger partial charge in [0, 0.05) is 5.56 Å². The largest absolute Gasteiger partial charge is 0.493 e. The van der Waals surface area contributed by atoms with Gasteiger partial charge in [-0.25, -0.2) is 4.79 Å². The minimum atomic E-state index is -1.03. The first-order valence-electron chi connectivity index (χ1n) is 6.50. The molecule has 0 spiro atoms. The van der Waals surface area contributed by atoms with Crippen LogP contribution >= 0.6 is 11.3 Å². The first-order valence-corrected chi connectivity index (χ1v) is 7.38. The number of benzene rings is 1. The van der Waals surface area contributed by atoms with Crippen molar-refractivity contribution in [2.45, 2.75) is 12.3 Å². The molecule has 2 N–H and O–H groups in total. The highest BCUT2D eigenvalue weighted by atomic mass is 32.1. The SMILES string of the molecule is O=C(O)c1sccc1NC(=O)C1CCOc2ccccc21. The van der Waals surface area contributed by atoms with Gasteiger partial charge in [-0.2, -0.15) is 0 Å². The molecule has 21 heavy (non-hydrogen) atoms. The zero-order chi connectivity index (χ0) is 14.8. The number of fused-ring (bicyclic) bond motifs is 1. The third-order valence-corrected chi connectivity index (χ3v) is 4.29. The van der Waals surface area contributed by atoms with Crippen LogP contribution in [0.4, 0.5) is 5.69 Å². The van der Waals surface area contributed by atoms with Gasteiger partial charge in [-0.05, 0) is 23.9 Å². The molecule has 0 radical (unpaired) electrons. The van der Waals surface area contributed by atoms with Crippen molar-refractivity contribution in [2.75, 3.05) is 11.9 Å². The molecule has 6 heteroatoms. The highest BCUT2D eigenvalue weighted by molar-refractivity contribution is 7.12. The van der Waals surface area contributed by atoms with Gasteiger partial charge < -0.3 is 15.2 Å². The number of hydrogen-bond donors (Lipinski definition) is 2. The van der Waals surface area contributed by atoms with Gasteiger partial charge >= 0.3 is 5.97 Å². The number of nitrogens with one attached hydrogen (secondary N) is 1. The Morgan fingerprint density at radius 1 is 1.29 bits per heavy atom. The fourth-order valence-corrected chi connectivity index (χ4v) is 3.09. The Bertz CT molecular complexity index is 694. The number of amides is 1. The fraction of sp³-hybridized carbons (Fsp3) is 0.200. The number of carbonyl (C=O) groups excluding carboxylic acids is 1. The van der Waals surface area contributed by atoms with Crippen LogP contribution < -0.4 is 10.1 Å². The molecule has 1 aromatic heterocycles. The molecular formula is C15H13NO4S. The van der Waals surface area contributed by atoms with Crippen molar-refractivity contribution in [3.05, 3.63) is 46.2 Å². The summed E-state index contributed by atoms with van der Waals surface area (Å²) in [6.45, 7) is 0.477. The van der Waals surface area contributed by atoms with Crippen molar-refractivity contribution in [3.8, 4) is 5.75 Å². The average molecular weight is 303 g/mol. The van der Waals surface area contributed by atoms with Gasteiger partial charge in [0.2, 0.25) is 5.91 Å². The molecular weight excluding hydrogens is 290 g/mol. The summed E-state index contributed by atoms with van der Waals surface area (Å²) in [6, 6.07) is 9.03. The number of rotatable bonds is 3. The standard InChI is InChI=1S/C15H13NO4S/c17-14(16-11-6-8-21-13(11)15(18)19)10-5-7-20-12-4-2-1-3-9(10)12/h1-4,6,8,10H,5,7H2,(H,16,17)(H,18,19). The second-order valence-corrected chi connectivity index (χ2v) is 5.60. The van der Waals surface area contributed by atoms with Gasteiger partial charge in [0.05, 0.1) is 18.2 Å². The van der Waals surface area contributed by atoms with E-state index in [-0.39, 0.29) is 16.7 Å². The number of carboxylic acids is 1. The maximum absolute atomic E-state index is 12.4. The first kappa shape index (κ1) is 13.6. The van der Waals surface area contributed by atoms with Gasteiger partial charge in [-0.3, -0.25) is 4.79 Å². The normalized spacial score (nSPS) is 16.7. The summed E-state index contributed by atoms with van der Waals surface area (Å²) in [5.41, 5.74) is 1.19. The van der Waals surface area contributed by atoms with Crippen LogP contribution in [0.15, 0.2) is 35.7 Å². The van der Waals surface area contributed by atoms with Crippen LogP contribution in [0.3, 0.4) is 0 Å². The van der Waals surface area contributed by atoms with Crippen molar-refractivity contribution in [3.63, 3.8) is 0 Å². The number of hydrogen-bond acceptors (Lipinski definition) is 4. The fourth-order valence-electron chi connectivity index (χ4n) is 2.41. The molecule has 1 unspecified atom stereocenters. The third kappa shape index (κ3) is 2.62. The monoisotopic (exact) mass is 303 g/mol. The highest BCUT2D eigenvalue weighted by Gasteiger charge is 2.28. The Kier molecular flexibility index (Phi) is 3.62. The quantitative estimate of drug-likeness (QED) is 0.914. The first-order chi connectivity index (χ1) is 10.2. The Labute approximate surface area is 125 Å². The maximum atomic E-state index is 12.4. The number of ether oxygens (including phenoxy) is 1. The average Bonchev–Trinajstić information content (AvgIpc) is 2.95. The molecule has 2 heterocycles. The number of aromatic carboxylic acids is 1. The Morgan fingerprint density at radius 3 is 2.90 bits per heavy atom. The van der Waals surface area contributed by atoms with Crippen LogP contribution in [0, 0.1) is 0 Å². The molecule has 1 amide bonds. The molecule has 3 rings (SSSR count). The molecule has 5 nitrogen and oxygen atoms in total. The molecule has 108 valence electrons. The summed E-state index contributed by atoms with van der Waals surface area (Å²) in [5.74, 6) is -0.844. The molecule has 0 fully saturated rings. The molecule has 1 aromatic carbocycles. The summed E-state index contributed by atoms with van der Waals surface area (Å²) in [6.07, 6.45) is 0.579. The smallest absolute Gasteiger partial charge is 0.348 e. The molecule has 0 saturated carbocycles. The van der Waals surface area contributed by atoms with Gasteiger partial charge in [0.15, 0.2) is 0 Å². The van der Waals surface area contributed by atoms with E-state index in [4.69, 9.17) is 9.84 Å².